The van der Waals surface area contributed by atoms with Gasteiger partial charge in [0.1, 0.15) is 41.8 Å². The quantitative estimate of drug-likeness (QED) is 0.152. The highest BCUT2D eigenvalue weighted by Gasteiger charge is 2.52. The van der Waals surface area contributed by atoms with Crippen LogP contribution in [0.2, 0.25) is 0 Å². The van der Waals surface area contributed by atoms with Crippen LogP contribution in [0.3, 0.4) is 0 Å². The molecule has 3 N–H and O–H groups in total. The number of fused-ring (bicyclic) bond motifs is 5. The van der Waals surface area contributed by atoms with Crippen molar-refractivity contribution in [2.24, 2.45) is 23.2 Å². The predicted molar refractivity (Wildman–Crippen MR) is 219 cm³/mol. The Morgan fingerprint density at radius 2 is 1.80 bits per heavy atom. The van der Waals surface area contributed by atoms with E-state index < -0.39 is 11.6 Å². The van der Waals surface area contributed by atoms with E-state index in [1.807, 2.05) is 0 Å². The van der Waals surface area contributed by atoms with Gasteiger partial charge in [-0.05, 0) is 130 Å². The lowest BCUT2D eigenvalue weighted by Crippen LogP contribution is -2.51. The minimum absolute atomic E-state index is 0.0223. The summed E-state index contributed by atoms with van der Waals surface area (Å²) in [5, 5.41) is 18.7. The molecule has 4 aliphatic heterocycles. The highest BCUT2D eigenvalue weighted by molar-refractivity contribution is 6.03. The second kappa shape index (κ2) is 14.2. The average Bonchev–Trinajstić information content (AvgIpc) is 3.90. The highest BCUT2D eigenvalue weighted by Crippen LogP contribution is 2.59. The third-order valence-corrected chi connectivity index (χ3v) is 15.3. The lowest BCUT2D eigenvalue weighted by atomic mass is 9.49. The molecule has 4 atom stereocenters. The number of anilines is 1. The maximum atomic E-state index is 17.1. The minimum Gasteiger partial charge on any atom is -0.508 e. The first-order valence-corrected chi connectivity index (χ1v) is 21.7. The molecule has 308 valence electrons. The van der Waals surface area contributed by atoms with Gasteiger partial charge in [-0.15, -0.1) is 6.42 Å². The average molecular weight is 804 g/mol. The molecule has 2 aromatic carbocycles. The Hall–Kier alpha value is -4.80. The molecule has 4 saturated carbocycles. The van der Waals surface area contributed by atoms with Crippen LogP contribution in [0.4, 0.5) is 19.4 Å². The number of aromatic hydroxyl groups is 1. The molecule has 4 aliphatic carbocycles. The Bertz CT molecular complexity index is 2360. The normalized spacial score (nSPS) is 31.8. The highest BCUT2D eigenvalue weighted by atomic mass is 19.1. The third kappa shape index (κ3) is 6.44. The number of piperazine rings is 1. The van der Waals surface area contributed by atoms with E-state index in [9.17, 15) is 9.90 Å². The summed E-state index contributed by atoms with van der Waals surface area (Å²) in [6.07, 6.45) is 20.6. The zero-order valence-electron chi connectivity index (χ0n) is 33.3. The van der Waals surface area contributed by atoms with Crippen molar-refractivity contribution in [1.29, 1.82) is 0 Å². The smallest absolute Gasteiger partial charge is 0.407 e. The Morgan fingerprint density at radius 1 is 1.03 bits per heavy atom. The number of alkyl carbamates (subject to hydrolysis) is 1. The van der Waals surface area contributed by atoms with E-state index in [0.717, 1.165) is 69.4 Å². The number of hydrogen-bond donors (Lipinski definition) is 3. The molecule has 0 spiro atoms. The molecule has 8 fully saturated rings. The van der Waals surface area contributed by atoms with E-state index in [4.69, 9.17) is 25.9 Å². The second-order valence-corrected chi connectivity index (χ2v) is 19.1. The fourth-order valence-electron chi connectivity index (χ4n) is 13.2. The molecule has 8 aliphatic rings. The summed E-state index contributed by atoms with van der Waals surface area (Å²) in [6, 6.07) is 6.29. The summed E-state index contributed by atoms with van der Waals surface area (Å²) >= 11 is 0. The van der Waals surface area contributed by atoms with Gasteiger partial charge >= 0.3 is 12.1 Å². The zero-order chi connectivity index (χ0) is 40.0. The van der Waals surface area contributed by atoms with Crippen LogP contribution < -0.4 is 20.3 Å². The van der Waals surface area contributed by atoms with Gasteiger partial charge in [0.05, 0.1) is 16.5 Å². The van der Waals surface area contributed by atoms with Crippen molar-refractivity contribution in [3.05, 3.63) is 47.7 Å². The molecule has 2 aromatic heterocycles. The monoisotopic (exact) mass is 803 g/mol. The van der Waals surface area contributed by atoms with Gasteiger partial charge in [-0.25, -0.2) is 13.6 Å². The van der Waals surface area contributed by atoms with E-state index in [1.54, 1.807) is 6.20 Å². The van der Waals surface area contributed by atoms with Crippen LogP contribution in [0.1, 0.15) is 82.6 Å². The SMILES string of the molecule is C#Cc1c(F)ccc2cc(O)cc(-c3ncc4c(N5C[C@H]6CC[C@@H](C5)N6)nc(OC[C@]56CCCN5[C@@H](COC(=O)NCC57CC8CC(CC(C8)C5)C7)CC6)nc4c3F)c12. The number of nitrogens with zero attached hydrogens (tertiary/aromatic N) is 5. The number of aromatic nitrogens is 3. The minimum atomic E-state index is -0.742. The van der Waals surface area contributed by atoms with Crippen LogP contribution in [0.15, 0.2) is 30.5 Å². The topological polar surface area (TPSA) is 125 Å². The van der Waals surface area contributed by atoms with Crippen molar-refractivity contribution in [3.8, 4) is 35.4 Å². The van der Waals surface area contributed by atoms with Gasteiger partial charge in [0.25, 0.3) is 0 Å². The van der Waals surface area contributed by atoms with Gasteiger partial charge < -0.3 is 30.1 Å². The number of carbonyl (C=O) groups excluding carboxylic acids is 1. The van der Waals surface area contributed by atoms with E-state index in [0.29, 0.717) is 55.0 Å². The first-order chi connectivity index (χ1) is 28.6. The lowest BCUT2D eigenvalue weighted by molar-refractivity contribution is -0.0511. The number of phenols is 1. The van der Waals surface area contributed by atoms with Crippen molar-refractivity contribution < 1.29 is 28.2 Å². The first-order valence-electron chi connectivity index (χ1n) is 21.7. The molecule has 13 heteroatoms. The van der Waals surface area contributed by atoms with Crippen molar-refractivity contribution in [1.82, 2.24) is 30.5 Å². The number of pyridine rings is 1. The summed E-state index contributed by atoms with van der Waals surface area (Å²) in [6.45, 7) is 3.62. The van der Waals surface area contributed by atoms with E-state index in [1.165, 1.54) is 62.8 Å². The number of terminal acetylenes is 1. The van der Waals surface area contributed by atoms with Crippen LogP contribution in [0.5, 0.6) is 11.8 Å². The molecule has 12 rings (SSSR count). The molecule has 0 radical (unpaired) electrons. The van der Waals surface area contributed by atoms with Gasteiger partial charge in [0.2, 0.25) is 0 Å². The fraction of sp³-hybridized carbons (Fsp3) is 0.565. The fourth-order valence-corrected chi connectivity index (χ4v) is 13.2. The summed E-state index contributed by atoms with van der Waals surface area (Å²) in [5.41, 5.74) is 0.000581. The van der Waals surface area contributed by atoms with Gasteiger partial charge in [0.15, 0.2) is 5.82 Å². The molecule has 11 nitrogen and oxygen atoms in total. The number of amides is 1. The zero-order valence-corrected chi connectivity index (χ0v) is 33.3. The number of halogens is 2. The Kier molecular flexibility index (Phi) is 8.93. The summed E-state index contributed by atoms with van der Waals surface area (Å²) in [7, 11) is 0. The van der Waals surface area contributed by atoms with Gasteiger partial charge in [-0.2, -0.15) is 9.97 Å². The Labute approximate surface area is 342 Å². The standard InChI is InChI=1S/C46H51F2N7O4/c1-2-34-37(47)7-4-29-15-33(56)16-35(38(29)34)40-39(48)41-36(20-49-40)42(54-21-30-5-6-31(22-54)51-30)53-43(52-41)59-25-46-9-3-11-55(46)32(8-10-46)23-58-44(57)50-24-45-17-26-12-27(18-45)14-28(13-26)19-45/h1,4,7,15-16,20,26-28,30-32,51,56H,3,5-6,8-14,17-19,21-25H2,(H,50,57)/t26?,27?,28?,30-,31+,32-,45?,46-/m1/s1. The Balaban J connectivity index is 0.851. The molecule has 0 unspecified atom stereocenters. The summed E-state index contributed by atoms with van der Waals surface area (Å²) < 4.78 is 44.6. The second-order valence-electron chi connectivity index (χ2n) is 19.1. The van der Waals surface area contributed by atoms with Crippen molar-refractivity contribution in [2.75, 3.05) is 44.3 Å². The van der Waals surface area contributed by atoms with E-state index in [2.05, 4.69) is 31.3 Å². The maximum Gasteiger partial charge on any atom is 0.407 e. The number of nitrogens with one attached hydrogen (secondary N) is 2. The van der Waals surface area contributed by atoms with E-state index in [-0.39, 0.29) is 62.6 Å². The Morgan fingerprint density at radius 3 is 2.54 bits per heavy atom. The molecular weight excluding hydrogens is 753 g/mol. The van der Waals surface area contributed by atoms with Crippen molar-refractivity contribution in [2.45, 2.75) is 101 Å². The lowest BCUT2D eigenvalue weighted by Gasteiger charge is -2.56. The molecule has 59 heavy (non-hydrogen) atoms. The van der Waals surface area contributed by atoms with Crippen LogP contribution in [-0.2, 0) is 4.74 Å². The molecule has 1 amide bonds. The largest absolute Gasteiger partial charge is 0.508 e. The number of benzene rings is 2. The molecule has 4 saturated heterocycles. The van der Waals surface area contributed by atoms with Crippen molar-refractivity contribution >= 4 is 33.6 Å². The number of phenolic OH excluding ortho intramolecular Hbond substituents is 1. The van der Waals surface area contributed by atoms with Crippen LogP contribution in [0.25, 0.3) is 32.9 Å². The van der Waals surface area contributed by atoms with Crippen LogP contribution >= 0.6 is 0 Å². The molecule has 4 aromatic rings. The maximum absolute atomic E-state index is 17.1. The van der Waals surface area contributed by atoms with Crippen molar-refractivity contribution in [3.63, 3.8) is 0 Å². The number of carbonyl (C=O) groups is 1. The van der Waals surface area contributed by atoms with Crippen LogP contribution in [0, 0.1) is 47.1 Å². The molecule has 6 heterocycles. The third-order valence-electron chi connectivity index (χ3n) is 15.3. The van der Waals surface area contributed by atoms with E-state index >= 15 is 8.78 Å². The number of rotatable bonds is 9. The summed E-state index contributed by atoms with van der Waals surface area (Å²) in [5.74, 6) is 3.96. The van der Waals surface area contributed by atoms with Gasteiger partial charge in [-0.3, -0.25) is 9.88 Å². The van der Waals surface area contributed by atoms with Gasteiger partial charge in [-0.1, -0.05) is 12.0 Å². The van der Waals surface area contributed by atoms with Crippen LogP contribution in [-0.4, -0.2) is 94.1 Å². The number of hydrogen-bond acceptors (Lipinski definition) is 10. The number of ether oxygens (including phenoxy) is 2. The summed E-state index contributed by atoms with van der Waals surface area (Å²) in [4.78, 5) is 31.9. The predicted octanol–water partition coefficient (Wildman–Crippen LogP) is 7.07. The van der Waals surface area contributed by atoms with Gasteiger partial charge in [0, 0.05) is 54.9 Å². The molecule has 6 bridgehead atoms. The molecular formula is C46H51F2N7O4. The first kappa shape index (κ1) is 37.2.